The Balaban J connectivity index is 2.52. The highest BCUT2D eigenvalue weighted by atomic mass is 32.2. The molecule has 0 spiro atoms. The Morgan fingerprint density at radius 2 is 1.79 bits per heavy atom. The topological polar surface area (TPSA) is 46.6 Å². The minimum absolute atomic E-state index is 0.0278. The second-order valence-corrected chi connectivity index (χ2v) is 4.89. The van der Waals surface area contributed by atoms with Gasteiger partial charge in [0.05, 0.1) is 0 Å². The fraction of sp³-hybridized carbons (Fsp3) is 0.273. The van der Waals surface area contributed by atoms with Gasteiger partial charge in [-0.25, -0.2) is 0 Å². The number of likely N-dealkylation sites (N-methyl/N-ethyl adjacent to an activating group) is 1. The Morgan fingerprint density at radius 3 is 2.21 bits per heavy atom. The molecule has 0 aliphatic carbocycles. The zero-order valence-corrected chi connectivity index (χ0v) is 10.4. The van der Waals surface area contributed by atoms with Gasteiger partial charge in [-0.15, -0.1) is 13.2 Å². The summed E-state index contributed by atoms with van der Waals surface area (Å²) in [6.07, 6.45) is -5.04. The standard InChI is InChI=1S/C11H8F3NO3S/c1-15-8(16)10(19-9(15)17,18-11(12,13)14)7-5-3-2-4-6-7/h2-6H,1H3. The lowest BCUT2D eigenvalue weighted by Gasteiger charge is -2.26. The van der Waals surface area contributed by atoms with Crippen LogP contribution < -0.4 is 0 Å². The third-order valence-corrected chi connectivity index (χ3v) is 3.73. The quantitative estimate of drug-likeness (QED) is 0.840. The smallest absolute Gasteiger partial charge is 0.273 e. The van der Waals surface area contributed by atoms with Crippen molar-refractivity contribution in [2.24, 2.45) is 0 Å². The van der Waals surface area contributed by atoms with Crippen LogP contribution >= 0.6 is 11.8 Å². The van der Waals surface area contributed by atoms with Crippen molar-refractivity contribution in [1.82, 2.24) is 4.90 Å². The van der Waals surface area contributed by atoms with E-state index in [1.165, 1.54) is 24.3 Å². The molecule has 1 saturated heterocycles. The average Bonchev–Trinajstić information content (AvgIpc) is 2.54. The highest BCUT2D eigenvalue weighted by molar-refractivity contribution is 8.15. The maximum absolute atomic E-state index is 12.5. The molecule has 1 fully saturated rings. The van der Waals surface area contributed by atoms with Gasteiger partial charge in [0.15, 0.2) is 0 Å². The molecule has 19 heavy (non-hydrogen) atoms. The zero-order valence-electron chi connectivity index (χ0n) is 9.60. The molecule has 1 unspecified atom stereocenters. The first-order valence-electron chi connectivity index (χ1n) is 5.10. The minimum Gasteiger partial charge on any atom is -0.273 e. The van der Waals surface area contributed by atoms with Gasteiger partial charge in [-0.1, -0.05) is 30.3 Å². The van der Waals surface area contributed by atoms with E-state index in [2.05, 4.69) is 4.74 Å². The van der Waals surface area contributed by atoms with E-state index in [0.717, 1.165) is 7.05 Å². The van der Waals surface area contributed by atoms with E-state index in [9.17, 15) is 22.8 Å². The second kappa shape index (κ2) is 4.53. The lowest BCUT2D eigenvalue weighted by atomic mass is 10.1. The summed E-state index contributed by atoms with van der Waals surface area (Å²) in [5.41, 5.74) is -0.0278. The first-order chi connectivity index (χ1) is 8.76. The van der Waals surface area contributed by atoms with Crippen LogP contribution in [0.3, 0.4) is 0 Å². The van der Waals surface area contributed by atoms with Gasteiger partial charge in [0.25, 0.3) is 11.1 Å². The number of carbonyl (C=O) groups excluding carboxylic acids is 2. The predicted molar refractivity (Wildman–Crippen MR) is 61.0 cm³/mol. The highest BCUT2D eigenvalue weighted by Gasteiger charge is 2.59. The molecule has 1 aliphatic rings. The van der Waals surface area contributed by atoms with Gasteiger partial charge in [0.2, 0.25) is 4.93 Å². The Bertz CT molecular complexity index is 520. The average molecular weight is 291 g/mol. The van der Waals surface area contributed by atoms with Gasteiger partial charge < -0.3 is 0 Å². The first-order valence-corrected chi connectivity index (χ1v) is 5.91. The number of hydrogen-bond donors (Lipinski definition) is 0. The Labute approximate surface area is 110 Å². The van der Waals surface area contributed by atoms with E-state index in [1.54, 1.807) is 6.07 Å². The lowest BCUT2D eigenvalue weighted by molar-refractivity contribution is -0.346. The monoisotopic (exact) mass is 291 g/mol. The van der Waals surface area contributed by atoms with Crippen molar-refractivity contribution in [2.75, 3.05) is 7.05 Å². The zero-order chi connectivity index (χ0) is 14.3. The van der Waals surface area contributed by atoms with Gasteiger partial charge in [-0.05, 0) is 11.8 Å². The van der Waals surface area contributed by atoms with Crippen LogP contribution in [0.5, 0.6) is 0 Å². The Morgan fingerprint density at radius 1 is 1.21 bits per heavy atom. The first kappa shape index (κ1) is 13.9. The number of benzene rings is 1. The van der Waals surface area contributed by atoms with Crippen molar-refractivity contribution >= 4 is 22.9 Å². The number of carbonyl (C=O) groups is 2. The molecule has 0 saturated carbocycles. The van der Waals surface area contributed by atoms with Gasteiger partial charge in [0, 0.05) is 12.6 Å². The molecular formula is C11H8F3NO3S. The fourth-order valence-electron chi connectivity index (χ4n) is 1.67. The van der Waals surface area contributed by atoms with Crippen molar-refractivity contribution in [3.63, 3.8) is 0 Å². The summed E-state index contributed by atoms with van der Waals surface area (Å²) in [6, 6.07) is 7.13. The number of halogens is 3. The summed E-state index contributed by atoms with van der Waals surface area (Å²) in [6.45, 7) is 0. The number of hydrogen-bond acceptors (Lipinski definition) is 4. The van der Waals surface area contributed by atoms with Crippen LogP contribution in [0.15, 0.2) is 30.3 Å². The molecule has 0 radical (unpaired) electrons. The second-order valence-electron chi connectivity index (χ2n) is 3.76. The van der Waals surface area contributed by atoms with E-state index in [1.807, 2.05) is 0 Å². The van der Waals surface area contributed by atoms with Crippen molar-refractivity contribution in [2.45, 2.75) is 11.3 Å². The van der Waals surface area contributed by atoms with Crippen molar-refractivity contribution in [1.29, 1.82) is 0 Å². The summed E-state index contributed by atoms with van der Waals surface area (Å²) in [5, 5.41) is -0.793. The summed E-state index contributed by atoms with van der Waals surface area (Å²) in [4.78, 5) is 21.7. The number of amides is 2. The molecule has 4 nitrogen and oxygen atoms in total. The minimum atomic E-state index is -5.04. The number of rotatable bonds is 2. The number of nitrogens with zero attached hydrogens (tertiary/aromatic N) is 1. The van der Waals surface area contributed by atoms with Crippen molar-refractivity contribution < 1.29 is 27.5 Å². The van der Waals surface area contributed by atoms with Crippen LogP contribution in [0, 0.1) is 0 Å². The summed E-state index contributed by atoms with van der Waals surface area (Å²) >= 11 is 0.204. The number of alkyl halides is 3. The number of ether oxygens (including phenoxy) is 1. The van der Waals surface area contributed by atoms with Crippen molar-refractivity contribution in [3.05, 3.63) is 35.9 Å². The van der Waals surface area contributed by atoms with Crippen LogP contribution in [-0.4, -0.2) is 29.5 Å². The molecule has 1 heterocycles. The largest absolute Gasteiger partial charge is 0.524 e. The molecule has 1 aliphatic heterocycles. The van der Waals surface area contributed by atoms with Gasteiger partial charge >= 0.3 is 6.36 Å². The van der Waals surface area contributed by atoms with Gasteiger partial charge in [-0.2, -0.15) is 0 Å². The number of imide groups is 1. The molecule has 0 aromatic heterocycles. The maximum Gasteiger partial charge on any atom is 0.524 e. The van der Waals surface area contributed by atoms with Crippen LogP contribution in [0.4, 0.5) is 18.0 Å². The van der Waals surface area contributed by atoms with Crippen LogP contribution in [0.1, 0.15) is 5.56 Å². The van der Waals surface area contributed by atoms with Gasteiger partial charge in [0.1, 0.15) is 0 Å². The lowest BCUT2D eigenvalue weighted by Crippen LogP contribution is -2.41. The highest BCUT2D eigenvalue weighted by Crippen LogP contribution is 2.48. The SMILES string of the molecule is CN1C(=O)SC(OC(F)(F)F)(c2ccccc2)C1=O. The molecule has 102 valence electrons. The third kappa shape index (κ3) is 2.45. The van der Waals surface area contributed by atoms with Gasteiger partial charge in [-0.3, -0.25) is 19.2 Å². The molecule has 0 bridgehead atoms. The molecule has 8 heteroatoms. The Kier molecular flexibility index (Phi) is 3.31. The molecule has 1 aromatic carbocycles. The summed E-state index contributed by atoms with van der Waals surface area (Å²) < 4.78 is 41.6. The summed E-state index contributed by atoms with van der Waals surface area (Å²) in [5.74, 6) is -1.05. The molecule has 2 amide bonds. The van der Waals surface area contributed by atoms with E-state index >= 15 is 0 Å². The van der Waals surface area contributed by atoms with E-state index in [-0.39, 0.29) is 17.3 Å². The number of thioether (sulfide) groups is 1. The molecule has 1 atom stereocenters. The molecular weight excluding hydrogens is 283 g/mol. The normalized spacial score (nSPS) is 24.1. The Hall–Kier alpha value is -1.54. The molecule has 2 rings (SSSR count). The van der Waals surface area contributed by atoms with E-state index in [4.69, 9.17) is 0 Å². The van der Waals surface area contributed by atoms with E-state index in [0.29, 0.717) is 4.90 Å². The van der Waals surface area contributed by atoms with Crippen LogP contribution in [0.2, 0.25) is 0 Å². The molecule has 1 aromatic rings. The molecule has 0 N–H and O–H groups in total. The van der Waals surface area contributed by atoms with Crippen molar-refractivity contribution in [3.8, 4) is 0 Å². The fourth-order valence-corrected chi connectivity index (χ4v) is 2.75. The third-order valence-electron chi connectivity index (χ3n) is 2.50. The van der Waals surface area contributed by atoms with Crippen LogP contribution in [0.25, 0.3) is 0 Å². The van der Waals surface area contributed by atoms with Crippen LogP contribution in [-0.2, 0) is 14.5 Å². The van der Waals surface area contributed by atoms with E-state index < -0.39 is 22.4 Å². The maximum atomic E-state index is 12.5. The predicted octanol–water partition coefficient (Wildman–Crippen LogP) is 2.70. The summed E-state index contributed by atoms with van der Waals surface area (Å²) in [7, 11) is 1.11.